The molecule has 0 bridgehead atoms. The van der Waals surface area contributed by atoms with Gasteiger partial charge in [0.15, 0.2) is 0 Å². The molecule has 0 unspecified atom stereocenters. The SMILES string of the molecule is O=C(NCCNc1cnn(Cc2ccccc2)c(=O)c1Cl)c1ccc(C(F)(F)F)cc1. The summed E-state index contributed by atoms with van der Waals surface area (Å²) >= 11 is 6.14. The van der Waals surface area contributed by atoms with Crippen molar-refractivity contribution in [3.63, 3.8) is 0 Å². The number of nitrogens with one attached hydrogen (secondary N) is 2. The molecule has 1 heterocycles. The zero-order chi connectivity index (χ0) is 22.4. The Morgan fingerprint density at radius 3 is 2.35 bits per heavy atom. The largest absolute Gasteiger partial charge is 0.416 e. The number of halogens is 4. The standard InChI is InChI=1S/C21H18ClF3N4O2/c22-18-17(12-28-29(20(18)31)13-14-4-2-1-3-5-14)26-10-11-27-19(30)15-6-8-16(9-7-15)21(23,24)25/h1-9,12,26H,10-11,13H2,(H,27,30). The van der Waals surface area contributed by atoms with Crippen LogP contribution in [0, 0.1) is 0 Å². The average molecular weight is 451 g/mol. The van der Waals surface area contributed by atoms with Gasteiger partial charge in [0.25, 0.3) is 11.5 Å². The lowest BCUT2D eigenvalue weighted by Crippen LogP contribution is -2.30. The maximum absolute atomic E-state index is 12.6. The van der Waals surface area contributed by atoms with E-state index in [4.69, 9.17) is 11.6 Å². The van der Waals surface area contributed by atoms with E-state index in [1.165, 1.54) is 10.9 Å². The van der Waals surface area contributed by atoms with Crippen LogP contribution in [0.4, 0.5) is 18.9 Å². The molecule has 0 spiro atoms. The molecule has 0 saturated heterocycles. The van der Waals surface area contributed by atoms with Gasteiger partial charge >= 0.3 is 6.18 Å². The predicted molar refractivity (Wildman–Crippen MR) is 111 cm³/mol. The third kappa shape index (κ3) is 5.85. The van der Waals surface area contributed by atoms with Gasteiger partial charge in [0.2, 0.25) is 0 Å². The summed E-state index contributed by atoms with van der Waals surface area (Å²) < 4.78 is 39.0. The quantitative estimate of drug-likeness (QED) is 0.537. The Balaban J connectivity index is 1.53. The Labute approximate surface area is 180 Å². The first-order chi connectivity index (χ1) is 14.8. The zero-order valence-electron chi connectivity index (χ0n) is 16.1. The summed E-state index contributed by atoms with van der Waals surface area (Å²) in [4.78, 5) is 24.4. The van der Waals surface area contributed by atoms with Crippen LogP contribution in [-0.4, -0.2) is 28.8 Å². The van der Waals surface area contributed by atoms with E-state index in [1.54, 1.807) is 0 Å². The lowest BCUT2D eigenvalue weighted by atomic mass is 10.1. The first-order valence-electron chi connectivity index (χ1n) is 9.24. The molecule has 1 amide bonds. The number of anilines is 1. The highest BCUT2D eigenvalue weighted by molar-refractivity contribution is 6.32. The summed E-state index contributed by atoms with van der Waals surface area (Å²) in [7, 11) is 0. The van der Waals surface area contributed by atoms with Gasteiger partial charge in [-0.05, 0) is 29.8 Å². The minimum atomic E-state index is -4.46. The first kappa shape index (κ1) is 22.4. The maximum atomic E-state index is 12.6. The van der Waals surface area contributed by atoms with Crippen LogP contribution < -0.4 is 16.2 Å². The summed E-state index contributed by atoms with van der Waals surface area (Å²) in [5.74, 6) is -0.516. The molecule has 10 heteroatoms. The van der Waals surface area contributed by atoms with Crippen LogP contribution in [0.3, 0.4) is 0 Å². The van der Waals surface area contributed by atoms with Crippen molar-refractivity contribution < 1.29 is 18.0 Å². The summed E-state index contributed by atoms with van der Waals surface area (Å²) in [6.07, 6.45) is -3.04. The summed E-state index contributed by atoms with van der Waals surface area (Å²) in [6, 6.07) is 13.2. The number of carbonyl (C=O) groups is 1. The summed E-state index contributed by atoms with van der Waals surface area (Å²) in [5, 5.41) is 9.56. The molecule has 0 aliphatic rings. The summed E-state index contributed by atoms with van der Waals surface area (Å²) in [5.41, 5.74) is 0.0509. The van der Waals surface area contributed by atoms with Gasteiger partial charge in [-0.1, -0.05) is 41.9 Å². The highest BCUT2D eigenvalue weighted by Gasteiger charge is 2.30. The van der Waals surface area contributed by atoms with Crippen molar-refractivity contribution >= 4 is 23.2 Å². The molecule has 3 rings (SSSR count). The molecule has 162 valence electrons. The normalized spacial score (nSPS) is 11.2. The molecule has 0 fully saturated rings. The fourth-order valence-electron chi connectivity index (χ4n) is 2.74. The van der Waals surface area contributed by atoms with Crippen molar-refractivity contribution in [1.82, 2.24) is 15.1 Å². The molecular weight excluding hydrogens is 433 g/mol. The minimum Gasteiger partial charge on any atom is -0.381 e. The number of benzene rings is 2. The van der Waals surface area contributed by atoms with Crippen LogP contribution in [0.15, 0.2) is 65.6 Å². The van der Waals surface area contributed by atoms with E-state index in [1.807, 2.05) is 30.3 Å². The highest BCUT2D eigenvalue weighted by atomic mass is 35.5. The number of hydrogen-bond acceptors (Lipinski definition) is 4. The van der Waals surface area contributed by atoms with Crippen molar-refractivity contribution in [2.45, 2.75) is 12.7 Å². The van der Waals surface area contributed by atoms with Gasteiger partial charge in [0.05, 0.1) is 24.0 Å². The Morgan fingerprint density at radius 1 is 1.03 bits per heavy atom. The topological polar surface area (TPSA) is 76.0 Å². The Morgan fingerprint density at radius 2 is 1.71 bits per heavy atom. The van der Waals surface area contributed by atoms with Crippen LogP contribution in [0.5, 0.6) is 0 Å². The molecule has 0 aliphatic heterocycles. The average Bonchev–Trinajstić information content (AvgIpc) is 2.76. The van der Waals surface area contributed by atoms with Crippen molar-refractivity contribution in [2.24, 2.45) is 0 Å². The van der Waals surface area contributed by atoms with Gasteiger partial charge in [0.1, 0.15) is 5.02 Å². The fraction of sp³-hybridized carbons (Fsp3) is 0.190. The van der Waals surface area contributed by atoms with Gasteiger partial charge in [0, 0.05) is 18.7 Å². The van der Waals surface area contributed by atoms with Crippen molar-refractivity contribution in [2.75, 3.05) is 18.4 Å². The van der Waals surface area contributed by atoms with E-state index >= 15 is 0 Å². The van der Waals surface area contributed by atoms with Crippen LogP contribution in [0.2, 0.25) is 5.02 Å². The molecule has 6 nitrogen and oxygen atoms in total. The fourth-order valence-corrected chi connectivity index (χ4v) is 2.96. The van der Waals surface area contributed by atoms with Crippen molar-refractivity contribution in [3.05, 3.63) is 92.9 Å². The lowest BCUT2D eigenvalue weighted by Gasteiger charge is -2.11. The van der Waals surface area contributed by atoms with Crippen molar-refractivity contribution in [1.29, 1.82) is 0 Å². The van der Waals surface area contributed by atoms with Gasteiger partial charge in [-0.25, -0.2) is 4.68 Å². The van der Waals surface area contributed by atoms with E-state index in [9.17, 15) is 22.8 Å². The third-order valence-electron chi connectivity index (χ3n) is 4.36. The van der Waals surface area contributed by atoms with Gasteiger partial charge in [-0.2, -0.15) is 18.3 Å². The molecule has 3 aromatic rings. The first-order valence-corrected chi connectivity index (χ1v) is 9.62. The molecule has 31 heavy (non-hydrogen) atoms. The van der Waals surface area contributed by atoms with Crippen LogP contribution in [-0.2, 0) is 12.7 Å². The van der Waals surface area contributed by atoms with Crippen LogP contribution in [0.1, 0.15) is 21.5 Å². The third-order valence-corrected chi connectivity index (χ3v) is 4.73. The lowest BCUT2D eigenvalue weighted by molar-refractivity contribution is -0.137. The van der Waals surface area contributed by atoms with Gasteiger partial charge in [-0.15, -0.1) is 0 Å². The second-order valence-electron chi connectivity index (χ2n) is 6.58. The van der Waals surface area contributed by atoms with Gasteiger partial charge in [-0.3, -0.25) is 9.59 Å². The zero-order valence-corrected chi connectivity index (χ0v) is 16.9. The second kappa shape index (κ2) is 9.65. The second-order valence-corrected chi connectivity index (χ2v) is 6.96. The molecule has 2 N–H and O–H groups in total. The molecular formula is C21H18ClF3N4O2. The molecule has 1 aromatic heterocycles. The van der Waals surface area contributed by atoms with Crippen LogP contribution >= 0.6 is 11.6 Å². The molecule has 0 aliphatic carbocycles. The minimum absolute atomic E-state index is 0.0278. The monoisotopic (exact) mass is 450 g/mol. The van der Waals surface area contributed by atoms with E-state index in [-0.39, 0.29) is 30.2 Å². The Bertz CT molecular complexity index is 1100. The number of aromatic nitrogens is 2. The van der Waals surface area contributed by atoms with E-state index < -0.39 is 23.2 Å². The summed E-state index contributed by atoms with van der Waals surface area (Å²) in [6.45, 7) is 0.669. The van der Waals surface area contributed by atoms with Gasteiger partial charge < -0.3 is 10.6 Å². The number of hydrogen-bond donors (Lipinski definition) is 2. The molecule has 0 atom stereocenters. The Kier molecular flexibility index (Phi) is 6.96. The van der Waals surface area contributed by atoms with Crippen LogP contribution in [0.25, 0.3) is 0 Å². The maximum Gasteiger partial charge on any atom is 0.416 e. The molecule has 0 saturated carbocycles. The Hall–Kier alpha value is -3.33. The number of rotatable bonds is 7. The van der Waals surface area contributed by atoms with E-state index in [2.05, 4.69) is 15.7 Å². The number of carbonyl (C=O) groups excluding carboxylic acids is 1. The number of alkyl halides is 3. The van der Waals surface area contributed by atoms with E-state index in [0.717, 1.165) is 29.8 Å². The van der Waals surface area contributed by atoms with E-state index in [0.29, 0.717) is 5.69 Å². The van der Waals surface area contributed by atoms with Crippen molar-refractivity contribution in [3.8, 4) is 0 Å². The highest BCUT2D eigenvalue weighted by Crippen LogP contribution is 2.29. The predicted octanol–water partition coefficient (Wildman–Crippen LogP) is 3.81. The molecule has 0 radical (unpaired) electrons. The smallest absolute Gasteiger partial charge is 0.381 e. The molecule has 2 aromatic carbocycles. The number of nitrogens with zero attached hydrogens (tertiary/aromatic N) is 2. The number of amides is 1.